The van der Waals surface area contributed by atoms with E-state index in [2.05, 4.69) is 25.7 Å². The minimum atomic E-state index is -4.94. The first-order valence-corrected chi connectivity index (χ1v) is 12.2. The van der Waals surface area contributed by atoms with Crippen LogP contribution in [0.25, 0.3) is 10.9 Å². The maximum absolute atomic E-state index is 13.0. The minimum Gasteiger partial charge on any atom is -0.496 e. The molecular weight excluding hydrogens is 493 g/mol. The molecule has 2 amide bonds. The fourth-order valence-corrected chi connectivity index (χ4v) is 4.47. The van der Waals surface area contributed by atoms with Gasteiger partial charge < -0.3 is 25.7 Å². The summed E-state index contributed by atoms with van der Waals surface area (Å²) in [5, 5.41) is 9.34. The van der Waals surface area contributed by atoms with Gasteiger partial charge in [-0.2, -0.15) is 0 Å². The van der Waals surface area contributed by atoms with Crippen LogP contribution in [0.1, 0.15) is 43.6 Å². The molecule has 0 saturated carbocycles. The number of Topliss-reactive ketones (excluding diaryl/α,β-unsaturated/α-hetero) is 1. The lowest BCUT2D eigenvalue weighted by atomic mass is 9.95. The molecule has 37 heavy (non-hydrogen) atoms. The SMILES string of the molecule is COc1cccc2[nH]c(C(=O)N[C@H](CN[C@@H](C[C@@H]3CCNC3=O)C(=O)COC(F)(F)F)CC(C)C)cc12. The smallest absolute Gasteiger partial charge is 0.496 e. The Kier molecular flexibility index (Phi) is 9.55. The van der Waals surface area contributed by atoms with E-state index in [9.17, 15) is 27.6 Å². The lowest BCUT2D eigenvalue weighted by molar-refractivity contribution is -0.321. The lowest BCUT2D eigenvalue weighted by Crippen LogP contribution is -2.49. The Balaban J connectivity index is 1.70. The number of carbonyl (C=O) groups excluding carboxylic acids is 3. The third-order valence-electron chi connectivity index (χ3n) is 6.24. The maximum atomic E-state index is 13.0. The standard InChI is InChI=1S/C25H33F3N4O5/c1-14(2)9-16(31-24(35)20-11-17-18(32-20)5-4-6-22(17)36-3)12-30-19(10-15-7-8-29-23(15)34)21(33)13-37-25(26,27)28/h4-6,11,14-16,19,30,32H,7-10,12-13H2,1-3H3,(H,29,34)(H,31,35)/t15-,16-,19-/m0/s1. The summed E-state index contributed by atoms with van der Waals surface area (Å²) in [4.78, 5) is 40.7. The highest BCUT2D eigenvalue weighted by atomic mass is 19.4. The summed E-state index contributed by atoms with van der Waals surface area (Å²) in [6, 6.07) is 5.61. The third kappa shape index (κ3) is 8.19. The molecule has 1 aromatic carbocycles. The van der Waals surface area contributed by atoms with Crippen molar-refractivity contribution >= 4 is 28.5 Å². The van der Waals surface area contributed by atoms with Crippen molar-refractivity contribution in [2.24, 2.45) is 11.8 Å². The third-order valence-corrected chi connectivity index (χ3v) is 6.24. The van der Waals surface area contributed by atoms with Crippen molar-refractivity contribution in [1.29, 1.82) is 0 Å². The molecule has 12 heteroatoms. The van der Waals surface area contributed by atoms with E-state index in [-0.39, 0.29) is 30.7 Å². The second-order valence-electron chi connectivity index (χ2n) is 9.58. The summed E-state index contributed by atoms with van der Waals surface area (Å²) in [5.41, 5.74) is 1.05. The van der Waals surface area contributed by atoms with Crippen molar-refractivity contribution in [2.45, 2.75) is 51.6 Å². The van der Waals surface area contributed by atoms with Gasteiger partial charge in [-0.3, -0.25) is 19.1 Å². The zero-order chi connectivity index (χ0) is 27.2. The van der Waals surface area contributed by atoms with Crippen molar-refractivity contribution in [3.8, 4) is 5.75 Å². The molecule has 1 aromatic heterocycles. The monoisotopic (exact) mass is 526 g/mol. The first kappa shape index (κ1) is 28.5. The van der Waals surface area contributed by atoms with Gasteiger partial charge in [-0.05, 0) is 43.4 Å². The van der Waals surface area contributed by atoms with Gasteiger partial charge in [0.05, 0.1) is 13.2 Å². The highest BCUT2D eigenvalue weighted by Crippen LogP contribution is 2.26. The molecule has 4 N–H and O–H groups in total. The Morgan fingerprint density at radius 2 is 2.00 bits per heavy atom. The van der Waals surface area contributed by atoms with Gasteiger partial charge in [0.25, 0.3) is 5.91 Å². The Labute approximate surface area is 212 Å². The van der Waals surface area contributed by atoms with Gasteiger partial charge in [-0.1, -0.05) is 19.9 Å². The second-order valence-corrected chi connectivity index (χ2v) is 9.58. The van der Waals surface area contributed by atoms with E-state index in [1.165, 1.54) is 0 Å². The Bertz CT molecular complexity index is 1100. The number of halogens is 3. The molecule has 0 unspecified atom stereocenters. The quantitative estimate of drug-likeness (QED) is 0.319. The number of ketones is 1. The number of alkyl halides is 3. The van der Waals surface area contributed by atoms with Crippen molar-refractivity contribution < 1.29 is 37.0 Å². The zero-order valence-electron chi connectivity index (χ0n) is 21.0. The second kappa shape index (κ2) is 12.4. The number of H-pyrrole nitrogens is 1. The van der Waals surface area contributed by atoms with Gasteiger partial charge in [0.15, 0.2) is 5.78 Å². The van der Waals surface area contributed by atoms with Crippen molar-refractivity contribution in [1.82, 2.24) is 20.9 Å². The summed E-state index contributed by atoms with van der Waals surface area (Å²) in [7, 11) is 1.54. The minimum absolute atomic E-state index is 0.0377. The van der Waals surface area contributed by atoms with E-state index in [0.717, 1.165) is 10.9 Å². The molecule has 1 aliphatic rings. The van der Waals surface area contributed by atoms with E-state index >= 15 is 0 Å². The molecule has 3 atom stereocenters. The Morgan fingerprint density at radius 3 is 2.62 bits per heavy atom. The highest BCUT2D eigenvalue weighted by Gasteiger charge is 2.34. The fourth-order valence-electron chi connectivity index (χ4n) is 4.47. The number of benzene rings is 1. The molecule has 3 rings (SSSR count). The normalized spacial score (nSPS) is 17.6. The largest absolute Gasteiger partial charge is 0.522 e. The number of carbonyl (C=O) groups is 3. The van der Waals surface area contributed by atoms with Crippen LogP contribution in [0.4, 0.5) is 13.2 Å². The number of aromatic amines is 1. The van der Waals surface area contributed by atoms with Gasteiger partial charge in [0, 0.05) is 36.0 Å². The van der Waals surface area contributed by atoms with Gasteiger partial charge in [-0.25, -0.2) is 0 Å². The molecule has 0 bridgehead atoms. The molecule has 0 radical (unpaired) electrons. The van der Waals surface area contributed by atoms with Gasteiger partial charge in [0.2, 0.25) is 5.91 Å². The van der Waals surface area contributed by atoms with E-state index in [0.29, 0.717) is 30.8 Å². The average molecular weight is 527 g/mol. The predicted octanol–water partition coefficient (Wildman–Crippen LogP) is 2.91. The first-order chi connectivity index (χ1) is 17.5. The van der Waals surface area contributed by atoms with E-state index in [1.807, 2.05) is 19.9 Å². The van der Waals surface area contributed by atoms with Gasteiger partial charge in [-0.15, -0.1) is 13.2 Å². The number of amides is 2. The lowest BCUT2D eigenvalue weighted by Gasteiger charge is -2.25. The van der Waals surface area contributed by atoms with Gasteiger partial charge >= 0.3 is 6.36 Å². The molecule has 1 fully saturated rings. The molecule has 204 valence electrons. The summed E-state index contributed by atoms with van der Waals surface area (Å²) < 4.78 is 46.6. The topological polar surface area (TPSA) is 122 Å². The first-order valence-electron chi connectivity index (χ1n) is 12.2. The molecular formula is C25H33F3N4O5. The average Bonchev–Trinajstić information content (AvgIpc) is 3.45. The van der Waals surface area contributed by atoms with Crippen LogP contribution in [0.3, 0.4) is 0 Å². The summed E-state index contributed by atoms with van der Waals surface area (Å²) in [6.45, 7) is 3.34. The molecule has 1 aliphatic heterocycles. The number of ether oxygens (including phenoxy) is 2. The van der Waals surface area contributed by atoms with Crippen LogP contribution in [0, 0.1) is 11.8 Å². The number of methoxy groups -OCH3 is 1. The number of hydrogen-bond acceptors (Lipinski definition) is 6. The predicted molar refractivity (Wildman–Crippen MR) is 130 cm³/mol. The Morgan fingerprint density at radius 1 is 1.24 bits per heavy atom. The number of fused-ring (bicyclic) bond motifs is 1. The molecule has 2 aromatic rings. The summed E-state index contributed by atoms with van der Waals surface area (Å²) >= 11 is 0. The Hall–Kier alpha value is -3.12. The van der Waals surface area contributed by atoms with Crippen LogP contribution < -0.4 is 20.7 Å². The highest BCUT2D eigenvalue weighted by molar-refractivity contribution is 5.99. The van der Waals surface area contributed by atoms with Crippen LogP contribution in [0.5, 0.6) is 5.75 Å². The zero-order valence-corrected chi connectivity index (χ0v) is 21.0. The van der Waals surface area contributed by atoms with Crippen molar-refractivity contribution in [3.63, 3.8) is 0 Å². The molecule has 2 heterocycles. The fraction of sp³-hybridized carbons (Fsp3) is 0.560. The summed E-state index contributed by atoms with van der Waals surface area (Å²) in [5.74, 6) is -1.12. The number of nitrogens with one attached hydrogen (secondary N) is 4. The van der Waals surface area contributed by atoms with Crippen molar-refractivity contribution in [2.75, 3.05) is 26.8 Å². The molecule has 1 saturated heterocycles. The van der Waals surface area contributed by atoms with Crippen LogP contribution in [0.2, 0.25) is 0 Å². The van der Waals surface area contributed by atoms with Crippen LogP contribution in [0.15, 0.2) is 24.3 Å². The molecule has 0 aliphatic carbocycles. The van der Waals surface area contributed by atoms with E-state index in [4.69, 9.17) is 4.74 Å². The molecule has 0 spiro atoms. The van der Waals surface area contributed by atoms with E-state index < -0.39 is 36.8 Å². The maximum Gasteiger partial charge on any atom is 0.522 e. The molecule has 9 nitrogen and oxygen atoms in total. The van der Waals surface area contributed by atoms with Gasteiger partial charge in [0.1, 0.15) is 18.1 Å². The van der Waals surface area contributed by atoms with Crippen LogP contribution >= 0.6 is 0 Å². The number of rotatable bonds is 13. The van der Waals surface area contributed by atoms with Crippen LogP contribution in [-0.2, 0) is 14.3 Å². The van der Waals surface area contributed by atoms with E-state index in [1.54, 1.807) is 25.3 Å². The summed E-state index contributed by atoms with van der Waals surface area (Å²) in [6.07, 6.45) is -3.87. The number of aromatic nitrogens is 1. The van der Waals surface area contributed by atoms with Crippen molar-refractivity contribution in [3.05, 3.63) is 30.0 Å². The van der Waals surface area contributed by atoms with Crippen LogP contribution in [-0.4, -0.2) is 67.8 Å². The number of hydrogen-bond donors (Lipinski definition) is 4.